The average Bonchev–Trinajstić information content (AvgIpc) is 3.02. The summed E-state index contributed by atoms with van der Waals surface area (Å²) in [4.78, 5) is 7.15. The largest absolute Gasteiger partial charge is 0.344 e. The molecule has 0 aromatic carbocycles. The second-order valence-corrected chi connectivity index (χ2v) is 5.75. The number of hydrogen-bond acceptors (Lipinski definition) is 5. The minimum Gasteiger partial charge on any atom is -0.344 e. The minimum atomic E-state index is 0.666. The van der Waals surface area contributed by atoms with Gasteiger partial charge in [-0.1, -0.05) is 19.8 Å². The lowest BCUT2D eigenvalue weighted by atomic mass is 10.2. The van der Waals surface area contributed by atoms with E-state index >= 15 is 0 Å². The van der Waals surface area contributed by atoms with Gasteiger partial charge in [-0.25, -0.2) is 4.98 Å². The number of aryl methyl sites for hydroxylation is 1. The maximum atomic E-state index is 5.65. The van der Waals surface area contributed by atoms with Crippen molar-refractivity contribution in [1.29, 1.82) is 0 Å². The number of nitrogens with zero attached hydrogens (tertiary/aromatic N) is 3. The zero-order valence-corrected chi connectivity index (χ0v) is 12.1. The van der Waals surface area contributed by atoms with Gasteiger partial charge in [0.15, 0.2) is 0 Å². The van der Waals surface area contributed by atoms with Gasteiger partial charge in [0.05, 0.1) is 0 Å². The molecular weight excluding hydrogens is 244 g/mol. The molecule has 5 heteroatoms. The molecule has 0 amide bonds. The van der Waals surface area contributed by atoms with E-state index < -0.39 is 0 Å². The summed E-state index contributed by atoms with van der Waals surface area (Å²) in [6.07, 6.45) is 8.45. The summed E-state index contributed by atoms with van der Waals surface area (Å²) in [5, 5.41) is 1.11. The first-order valence-electron chi connectivity index (χ1n) is 7.14. The Balaban J connectivity index is 2.05. The Morgan fingerprint density at radius 3 is 2.83 bits per heavy atom. The summed E-state index contributed by atoms with van der Waals surface area (Å²) in [5.41, 5.74) is 5.65. The predicted molar refractivity (Wildman–Crippen MR) is 77.2 cm³/mol. The molecule has 2 rings (SSSR count). The molecule has 2 N–H and O–H groups in total. The summed E-state index contributed by atoms with van der Waals surface area (Å²) in [6.45, 7) is 3.95. The quantitative estimate of drug-likeness (QED) is 0.826. The van der Waals surface area contributed by atoms with Crippen molar-refractivity contribution < 1.29 is 0 Å². The average molecular weight is 268 g/mol. The maximum Gasteiger partial charge on any atom is 0.205 e. The van der Waals surface area contributed by atoms with E-state index in [4.69, 9.17) is 10.7 Å². The van der Waals surface area contributed by atoms with Crippen LogP contribution in [0.2, 0.25) is 0 Å². The lowest BCUT2D eigenvalue weighted by molar-refractivity contribution is 0.591. The van der Waals surface area contributed by atoms with Gasteiger partial charge in [0.1, 0.15) is 5.82 Å². The molecule has 102 valence electrons. The van der Waals surface area contributed by atoms with E-state index in [-0.39, 0.29) is 0 Å². The smallest absolute Gasteiger partial charge is 0.205 e. The molecule has 1 aliphatic carbocycles. The predicted octanol–water partition coefficient (Wildman–Crippen LogP) is 2.59. The molecule has 1 heterocycles. The molecule has 0 unspecified atom stereocenters. The molecule has 0 aliphatic heterocycles. The molecule has 1 saturated carbocycles. The Labute approximate surface area is 114 Å². The second-order valence-electron chi connectivity index (χ2n) is 5.02. The number of nitrogens with two attached hydrogens (primary N) is 1. The monoisotopic (exact) mass is 268 g/mol. The van der Waals surface area contributed by atoms with Gasteiger partial charge < -0.3 is 10.6 Å². The molecule has 4 nitrogen and oxygen atoms in total. The summed E-state index contributed by atoms with van der Waals surface area (Å²) >= 11 is 1.56. The fourth-order valence-electron chi connectivity index (χ4n) is 2.60. The van der Waals surface area contributed by atoms with Gasteiger partial charge in [-0.3, -0.25) is 0 Å². The first kappa shape index (κ1) is 13.7. The van der Waals surface area contributed by atoms with Gasteiger partial charge >= 0.3 is 0 Å². The van der Waals surface area contributed by atoms with Crippen molar-refractivity contribution in [2.24, 2.45) is 5.73 Å². The molecule has 0 radical (unpaired) electrons. The standard InChI is InChI=1S/C13H24N4S/c1-2-6-12-15-13(18-16-12)17(10-5-9-14)11-7-3-4-8-11/h11H,2-10,14H2,1H3. The Morgan fingerprint density at radius 1 is 1.39 bits per heavy atom. The van der Waals surface area contributed by atoms with Gasteiger partial charge in [0.25, 0.3) is 0 Å². The van der Waals surface area contributed by atoms with E-state index in [1.165, 1.54) is 25.7 Å². The third-order valence-corrected chi connectivity index (χ3v) is 4.34. The van der Waals surface area contributed by atoms with Crippen molar-refractivity contribution >= 4 is 16.7 Å². The fourth-order valence-corrected chi connectivity index (χ4v) is 3.41. The first-order chi connectivity index (χ1) is 8.85. The lowest BCUT2D eigenvalue weighted by Gasteiger charge is -2.27. The summed E-state index contributed by atoms with van der Waals surface area (Å²) in [7, 11) is 0. The van der Waals surface area contributed by atoms with E-state index in [0.29, 0.717) is 6.04 Å². The molecule has 0 bridgehead atoms. The number of aromatic nitrogens is 2. The molecule has 0 spiro atoms. The van der Waals surface area contributed by atoms with Gasteiger partial charge in [0, 0.05) is 30.5 Å². The topological polar surface area (TPSA) is 55.0 Å². The highest BCUT2D eigenvalue weighted by Crippen LogP contribution is 2.29. The lowest BCUT2D eigenvalue weighted by Crippen LogP contribution is -2.35. The van der Waals surface area contributed by atoms with Gasteiger partial charge in [0.2, 0.25) is 5.13 Å². The number of anilines is 1. The zero-order valence-electron chi connectivity index (χ0n) is 11.3. The Morgan fingerprint density at radius 2 is 2.17 bits per heavy atom. The molecule has 1 fully saturated rings. The Hall–Kier alpha value is -0.680. The molecular formula is C13H24N4S. The third kappa shape index (κ3) is 3.42. The van der Waals surface area contributed by atoms with Crippen LogP contribution >= 0.6 is 11.5 Å². The van der Waals surface area contributed by atoms with Crippen LogP contribution in [0.1, 0.15) is 51.3 Å². The van der Waals surface area contributed by atoms with Gasteiger partial charge in [-0.05, 0) is 32.2 Å². The van der Waals surface area contributed by atoms with Gasteiger partial charge in [-0.15, -0.1) is 0 Å². The van der Waals surface area contributed by atoms with Gasteiger partial charge in [-0.2, -0.15) is 4.37 Å². The second kappa shape index (κ2) is 7.04. The molecule has 1 aromatic heterocycles. The molecule has 18 heavy (non-hydrogen) atoms. The van der Waals surface area contributed by atoms with Crippen LogP contribution in [0.25, 0.3) is 0 Å². The van der Waals surface area contributed by atoms with E-state index in [9.17, 15) is 0 Å². The van der Waals surface area contributed by atoms with Crippen molar-refractivity contribution in [2.45, 2.75) is 57.9 Å². The molecule has 0 saturated heterocycles. The SMILES string of the molecule is CCCc1nsc(N(CCCN)C2CCCC2)n1. The van der Waals surface area contributed by atoms with E-state index in [1.54, 1.807) is 11.5 Å². The van der Waals surface area contributed by atoms with Crippen LogP contribution in [0.3, 0.4) is 0 Å². The first-order valence-corrected chi connectivity index (χ1v) is 7.91. The normalized spacial score (nSPS) is 16.3. The van der Waals surface area contributed by atoms with E-state index in [2.05, 4.69) is 16.2 Å². The highest BCUT2D eigenvalue weighted by molar-refractivity contribution is 7.09. The maximum absolute atomic E-state index is 5.65. The highest BCUT2D eigenvalue weighted by atomic mass is 32.1. The van der Waals surface area contributed by atoms with Crippen LogP contribution in [0.15, 0.2) is 0 Å². The van der Waals surface area contributed by atoms with Crippen LogP contribution in [0, 0.1) is 0 Å². The van der Waals surface area contributed by atoms with E-state index in [1.807, 2.05) is 0 Å². The van der Waals surface area contributed by atoms with Crippen LogP contribution in [0.5, 0.6) is 0 Å². The van der Waals surface area contributed by atoms with Crippen molar-refractivity contribution in [2.75, 3.05) is 18.0 Å². The van der Waals surface area contributed by atoms with Crippen LogP contribution in [-0.4, -0.2) is 28.5 Å². The zero-order chi connectivity index (χ0) is 12.8. The summed E-state index contributed by atoms with van der Waals surface area (Å²) in [5.74, 6) is 1.01. The van der Waals surface area contributed by atoms with E-state index in [0.717, 1.165) is 43.3 Å². The molecule has 0 atom stereocenters. The van der Waals surface area contributed by atoms with Crippen LogP contribution in [-0.2, 0) is 6.42 Å². The Bertz CT molecular complexity index is 347. The van der Waals surface area contributed by atoms with Crippen molar-refractivity contribution in [3.8, 4) is 0 Å². The number of rotatable bonds is 7. The molecule has 1 aromatic rings. The van der Waals surface area contributed by atoms with Crippen molar-refractivity contribution in [3.05, 3.63) is 5.82 Å². The van der Waals surface area contributed by atoms with Crippen LogP contribution in [0.4, 0.5) is 5.13 Å². The Kier molecular flexibility index (Phi) is 5.38. The minimum absolute atomic E-state index is 0.666. The highest BCUT2D eigenvalue weighted by Gasteiger charge is 2.24. The van der Waals surface area contributed by atoms with Crippen molar-refractivity contribution in [3.63, 3.8) is 0 Å². The number of hydrogen-bond donors (Lipinski definition) is 1. The molecule has 1 aliphatic rings. The summed E-state index contributed by atoms with van der Waals surface area (Å²) in [6, 6.07) is 0.666. The third-order valence-electron chi connectivity index (χ3n) is 3.55. The van der Waals surface area contributed by atoms with Crippen molar-refractivity contribution in [1.82, 2.24) is 9.36 Å². The summed E-state index contributed by atoms with van der Waals surface area (Å²) < 4.78 is 4.46. The fraction of sp³-hybridized carbons (Fsp3) is 0.846. The van der Waals surface area contributed by atoms with Crippen LogP contribution < -0.4 is 10.6 Å².